The molecule has 5 amide bonds. The highest BCUT2D eigenvalue weighted by Crippen LogP contribution is 2.45. The van der Waals surface area contributed by atoms with Gasteiger partial charge in [0.2, 0.25) is 11.8 Å². The Morgan fingerprint density at radius 2 is 1.70 bits per heavy atom. The zero-order valence-electron chi connectivity index (χ0n) is 33.2. The molecule has 1 atom stereocenters. The molecule has 0 bridgehead atoms. The average Bonchev–Trinajstić information content (AvgIpc) is 3.74. The number of rotatable bonds is 9. The number of amides is 5. The van der Waals surface area contributed by atoms with Crippen LogP contribution >= 0.6 is 0 Å². The van der Waals surface area contributed by atoms with Crippen molar-refractivity contribution in [3.8, 4) is 5.75 Å². The standard InChI is InChI=1S/C44H46N10O6/c55-38-11-10-36(41(57)48-38)54-42(58)31-9-8-30(19-32(31)43(54)59)50-16-12-44(13-17-50)24-51(25-44)28-4-6-29(7-5-28)53-22-27-18-35(37(20-34(27)49-53)60-23-26-2-3-26)47-40(56)33-21-46-52-15-1-14-45-39(33)52/h1,8-9,14-15,18-22,26,28-29,36H,2-7,10-13,16-17,23-25H2,(H,47,56)(H,48,55,57). The lowest BCUT2D eigenvalue weighted by Gasteiger charge is -2.57. The van der Waals surface area contributed by atoms with Gasteiger partial charge < -0.3 is 15.0 Å². The van der Waals surface area contributed by atoms with E-state index in [2.05, 4.69) is 41.4 Å². The van der Waals surface area contributed by atoms with E-state index in [1.807, 2.05) is 18.2 Å². The van der Waals surface area contributed by atoms with E-state index < -0.39 is 23.8 Å². The lowest BCUT2D eigenvalue weighted by atomic mass is 9.70. The highest BCUT2D eigenvalue weighted by molar-refractivity contribution is 6.23. The number of hydrogen-bond donors (Lipinski definition) is 2. The monoisotopic (exact) mass is 810 g/mol. The van der Waals surface area contributed by atoms with E-state index in [0.717, 1.165) is 99.0 Å². The van der Waals surface area contributed by atoms with Crippen LogP contribution in [0, 0.1) is 11.3 Å². The van der Waals surface area contributed by atoms with Crippen LogP contribution in [0.3, 0.4) is 0 Å². The van der Waals surface area contributed by atoms with Crippen LogP contribution < -0.4 is 20.3 Å². The molecule has 11 rings (SSSR count). The summed E-state index contributed by atoms with van der Waals surface area (Å²) < 4.78 is 9.97. The van der Waals surface area contributed by atoms with E-state index in [1.165, 1.54) is 6.20 Å². The number of fused-ring (bicyclic) bond motifs is 3. The van der Waals surface area contributed by atoms with Crippen LogP contribution in [0.5, 0.6) is 5.75 Å². The minimum absolute atomic E-state index is 0.0977. The summed E-state index contributed by atoms with van der Waals surface area (Å²) >= 11 is 0. The number of anilines is 2. The summed E-state index contributed by atoms with van der Waals surface area (Å²) in [4.78, 5) is 74.6. The second-order valence-corrected chi connectivity index (χ2v) is 17.7. The van der Waals surface area contributed by atoms with E-state index in [1.54, 1.807) is 35.1 Å². The first-order valence-corrected chi connectivity index (χ1v) is 21.3. The smallest absolute Gasteiger partial charge is 0.262 e. The van der Waals surface area contributed by atoms with Gasteiger partial charge in [-0.3, -0.25) is 43.8 Å². The lowest BCUT2D eigenvalue weighted by molar-refractivity contribution is -0.136. The quantitative estimate of drug-likeness (QED) is 0.199. The Morgan fingerprint density at radius 3 is 2.48 bits per heavy atom. The molecule has 2 saturated carbocycles. The van der Waals surface area contributed by atoms with Gasteiger partial charge in [0, 0.05) is 74.4 Å². The van der Waals surface area contributed by atoms with Gasteiger partial charge in [-0.1, -0.05) is 0 Å². The minimum Gasteiger partial charge on any atom is -0.491 e. The van der Waals surface area contributed by atoms with Gasteiger partial charge in [0.25, 0.3) is 17.7 Å². The molecule has 16 nitrogen and oxygen atoms in total. The van der Waals surface area contributed by atoms with Crippen molar-refractivity contribution in [3.05, 3.63) is 77.9 Å². The fourth-order valence-corrected chi connectivity index (χ4v) is 10.1. The fraction of sp³-hybridized carbons (Fsp3) is 0.455. The number of imide groups is 2. The molecule has 1 unspecified atom stereocenters. The lowest BCUT2D eigenvalue weighted by Crippen LogP contribution is -2.63. The zero-order valence-corrected chi connectivity index (χ0v) is 33.2. The van der Waals surface area contributed by atoms with Crippen molar-refractivity contribution in [1.82, 2.24) is 39.5 Å². The number of carbonyl (C=O) groups excluding carboxylic acids is 5. The van der Waals surface area contributed by atoms with Crippen LogP contribution in [-0.4, -0.2) is 109 Å². The maximum atomic E-state index is 13.5. The van der Waals surface area contributed by atoms with E-state index in [4.69, 9.17) is 9.84 Å². The molecule has 3 aromatic heterocycles. The highest BCUT2D eigenvalue weighted by atomic mass is 16.5. The molecule has 2 aromatic carbocycles. The Morgan fingerprint density at radius 1 is 0.917 bits per heavy atom. The molecule has 308 valence electrons. The third-order valence-electron chi connectivity index (χ3n) is 13.8. The Hall–Kier alpha value is -6.16. The summed E-state index contributed by atoms with van der Waals surface area (Å²) in [7, 11) is 0. The Balaban J connectivity index is 0.700. The van der Waals surface area contributed by atoms with E-state index in [9.17, 15) is 24.0 Å². The number of nitrogens with zero attached hydrogens (tertiary/aromatic N) is 8. The number of hydrogen-bond acceptors (Lipinski definition) is 11. The molecule has 6 aliphatic rings. The molecule has 5 fully saturated rings. The summed E-state index contributed by atoms with van der Waals surface area (Å²) in [5.74, 6) is -1.05. The highest BCUT2D eigenvalue weighted by Gasteiger charge is 2.48. The van der Waals surface area contributed by atoms with Crippen molar-refractivity contribution in [3.63, 3.8) is 0 Å². The molecule has 7 heterocycles. The SMILES string of the molecule is O=C1CCC(N2C(=O)c3ccc(N4CCC5(CC4)CN(C4CCC(n6cc7cc(NC(=O)c8cnn9cccnc89)c(OCC8CC8)cc7n6)CC4)C5)cc3C2=O)C(=O)N1. The van der Waals surface area contributed by atoms with Crippen molar-refractivity contribution in [2.75, 3.05) is 43.0 Å². The predicted molar refractivity (Wildman–Crippen MR) is 219 cm³/mol. The number of ether oxygens (including phenoxy) is 1. The van der Waals surface area contributed by atoms with Crippen molar-refractivity contribution >= 4 is 57.5 Å². The summed E-state index contributed by atoms with van der Waals surface area (Å²) in [5, 5.41) is 15.6. The van der Waals surface area contributed by atoms with Crippen molar-refractivity contribution in [2.45, 2.75) is 82.3 Å². The van der Waals surface area contributed by atoms with Crippen LogP contribution in [0.1, 0.15) is 101 Å². The summed E-state index contributed by atoms with van der Waals surface area (Å²) in [6, 6.07) is 11.0. The van der Waals surface area contributed by atoms with Crippen LogP contribution in [0.15, 0.2) is 61.2 Å². The number of benzene rings is 2. The first-order valence-electron chi connectivity index (χ1n) is 21.3. The number of carbonyl (C=O) groups is 5. The molecule has 4 aliphatic heterocycles. The van der Waals surface area contributed by atoms with Gasteiger partial charge in [0.1, 0.15) is 17.4 Å². The topological polar surface area (TPSA) is 176 Å². The molecule has 3 saturated heterocycles. The van der Waals surface area contributed by atoms with Gasteiger partial charge in [-0.15, -0.1) is 0 Å². The van der Waals surface area contributed by atoms with Crippen LogP contribution in [0.2, 0.25) is 0 Å². The maximum absolute atomic E-state index is 13.5. The minimum atomic E-state index is -0.967. The number of piperidine rings is 2. The normalized spacial score (nSPS) is 24.2. The second kappa shape index (κ2) is 14.2. The van der Waals surface area contributed by atoms with E-state index >= 15 is 0 Å². The summed E-state index contributed by atoms with van der Waals surface area (Å²) in [6.07, 6.45) is 16.1. The third kappa shape index (κ3) is 6.48. The fourth-order valence-electron chi connectivity index (χ4n) is 10.1. The first-order chi connectivity index (χ1) is 29.2. The zero-order chi connectivity index (χ0) is 40.7. The van der Waals surface area contributed by atoms with Crippen molar-refractivity contribution in [1.29, 1.82) is 0 Å². The molecule has 60 heavy (non-hydrogen) atoms. The Kier molecular flexibility index (Phi) is 8.76. The summed E-state index contributed by atoms with van der Waals surface area (Å²) in [5.41, 5.74) is 4.20. The van der Waals surface area contributed by atoms with Crippen LogP contribution in [-0.2, 0) is 9.59 Å². The summed E-state index contributed by atoms with van der Waals surface area (Å²) in [6.45, 7) is 4.57. The van der Waals surface area contributed by atoms with Gasteiger partial charge in [-0.25, -0.2) is 9.50 Å². The molecular weight excluding hydrogens is 765 g/mol. The predicted octanol–water partition coefficient (Wildman–Crippen LogP) is 4.61. The van der Waals surface area contributed by atoms with E-state index in [0.29, 0.717) is 63.8 Å². The molecule has 5 aromatic rings. The molecule has 1 spiro atoms. The van der Waals surface area contributed by atoms with Crippen LogP contribution in [0.4, 0.5) is 11.4 Å². The van der Waals surface area contributed by atoms with Gasteiger partial charge in [-0.2, -0.15) is 10.2 Å². The van der Waals surface area contributed by atoms with Gasteiger partial charge in [-0.05, 0) is 99.5 Å². The molecule has 2 aliphatic carbocycles. The van der Waals surface area contributed by atoms with Gasteiger partial charge in [0.15, 0.2) is 5.65 Å². The molecule has 0 radical (unpaired) electrons. The molecular formula is C44H46N10O6. The second-order valence-electron chi connectivity index (χ2n) is 17.7. The van der Waals surface area contributed by atoms with Gasteiger partial charge in [0.05, 0.1) is 41.2 Å². The third-order valence-corrected chi connectivity index (χ3v) is 13.8. The maximum Gasteiger partial charge on any atom is 0.262 e. The molecule has 2 N–H and O–H groups in total. The molecule has 16 heteroatoms. The largest absolute Gasteiger partial charge is 0.491 e. The van der Waals surface area contributed by atoms with E-state index in [-0.39, 0.29) is 24.7 Å². The number of aromatic nitrogens is 5. The average molecular weight is 811 g/mol. The Bertz CT molecular complexity index is 2590. The van der Waals surface area contributed by atoms with Crippen LogP contribution in [0.25, 0.3) is 16.6 Å². The van der Waals surface area contributed by atoms with Crippen molar-refractivity contribution in [2.24, 2.45) is 11.3 Å². The Labute approximate surface area is 345 Å². The van der Waals surface area contributed by atoms with Crippen molar-refractivity contribution < 1.29 is 28.7 Å². The number of nitrogens with one attached hydrogen (secondary N) is 2. The van der Waals surface area contributed by atoms with Gasteiger partial charge >= 0.3 is 0 Å². The number of likely N-dealkylation sites (tertiary alicyclic amines) is 1. The first kappa shape index (κ1) is 36.9.